The molecule has 0 saturated carbocycles. The average molecular weight is 364 g/mol. The molecular formula is C18H32N6O2. The number of likely N-dealkylation sites (N-methyl/N-ethyl adjacent to an activating group) is 1. The van der Waals surface area contributed by atoms with Crippen LogP contribution in [0, 0.1) is 0 Å². The summed E-state index contributed by atoms with van der Waals surface area (Å²) in [5.74, 6) is 13.6. The van der Waals surface area contributed by atoms with E-state index in [0.717, 1.165) is 23.5 Å². The molecule has 2 rings (SSSR count). The lowest BCUT2D eigenvalue weighted by Crippen LogP contribution is -2.65. The van der Waals surface area contributed by atoms with Gasteiger partial charge in [-0.05, 0) is 41.2 Å². The Bertz CT molecular complexity index is 634. The van der Waals surface area contributed by atoms with Crippen LogP contribution in [-0.4, -0.2) is 38.2 Å². The normalized spacial score (nSPS) is 20.1. The first kappa shape index (κ1) is 20.5. The summed E-state index contributed by atoms with van der Waals surface area (Å²) in [5.41, 5.74) is 6.20. The number of nitrogens with zero attached hydrogens (tertiary/aromatic N) is 1. The van der Waals surface area contributed by atoms with Crippen molar-refractivity contribution in [2.75, 3.05) is 20.8 Å². The summed E-state index contributed by atoms with van der Waals surface area (Å²) in [6.45, 7) is 7.06. The Morgan fingerprint density at radius 3 is 2.42 bits per heavy atom. The zero-order valence-electron chi connectivity index (χ0n) is 16.3. The number of ether oxygens (including phenoxy) is 2. The van der Waals surface area contributed by atoms with Crippen LogP contribution in [0.15, 0.2) is 23.9 Å². The summed E-state index contributed by atoms with van der Waals surface area (Å²) in [5, 5.41) is 8.31. The summed E-state index contributed by atoms with van der Waals surface area (Å²) in [4.78, 5) is 0. The van der Waals surface area contributed by atoms with Crippen LogP contribution in [-0.2, 0) is 6.42 Å². The fourth-order valence-electron chi connectivity index (χ4n) is 3.16. The lowest BCUT2D eigenvalue weighted by Gasteiger charge is -2.37. The SMILES string of the molecule is CCN(N)C1NC(NN)NC=C1Cc1cc(OC)c(OC)cc1C(C)C. The van der Waals surface area contributed by atoms with Crippen molar-refractivity contribution in [3.8, 4) is 11.5 Å². The third-order valence-electron chi connectivity index (χ3n) is 4.64. The van der Waals surface area contributed by atoms with Crippen LogP contribution in [0.5, 0.6) is 11.5 Å². The molecule has 0 bridgehead atoms. The highest BCUT2D eigenvalue weighted by Gasteiger charge is 2.27. The standard InChI is InChI=1S/C18H32N6O2/c1-6-24(20)17-13(10-21-18(22-17)23-19)7-12-8-15(25-4)16(26-5)9-14(12)11(2)3/h8-11,17-18,21-23H,6-7,19-20H2,1-5H3. The summed E-state index contributed by atoms with van der Waals surface area (Å²) < 4.78 is 11.0. The van der Waals surface area contributed by atoms with Crippen molar-refractivity contribution in [1.82, 2.24) is 21.1 Å². The van der Waals surface area contributed by atoms with Crippen LogP contribution >= 0.6 is 0 Å². The highest BCUT2D eigenvalue weighted by Crippen LogP contribution is 2.35. The molecule has 0 fully saturated rings. The molecule has 1 aromatic carbocycles. The largest absolute Gasteiger partial charge is 0.493 e. The van der Waals surface area contributed by atoms with E-state index in [-0.39, 0.29) is 12.5 Å². The minimum atomic E-state index is -0.240. The maximum Gasteiger partial charge on any atom is 0.161 e. The first-order valence-corrected chi connectivity index (χ1v) is 8.88. The Labute approximate surface area is 155 Å². The van der Waals surface area contributed by atoms with Gasteiger partial charge in [0.25, 0.3) is 0 Å². The molecule has 1 aliphatic heterocycles. The van der Waals surface area contributed by atoms with E-state index in [1.165, 1.54) is 11.1 Å². The van der Waals surface area contributed by atoms with Crippen LogP contribution in [0.2, 0.25) is 0 Å². The summed E-state index contributed by atoms with van der Waals surface area (Å²) in [6.07, 6.45) is 2.33. The maximum atomic E-state index is 6.20. The lowest BCUT2D eigenvalue weighted by atomic mass is 9.91. The Morgan fingerprint density at radius 2 is 1.88 bits per heavy atom. The summed E-state index contributed by atoms with van der Waals surface area (Å²) in [6, 6.07) is 4.11. The molecule has 0 aliphatic carbocycles. The minimum Gasteiger partial charge on any atom is -0.493 e. The van der Waals surface area contributed by atoms with Crippen LogP contribution in [0.1, 0.15) is 37.8 Å². The molecule has 0 radical (unpaired) electrons. The molecule has 26 heavy (non-hydrogen) atoms. The van der Waals surface area contributed by atoms with Crippen molar-refractivity contribution in [3.63, 3.8) is 0 Å². The van der Waals surface area contributed by atoms with E-state index >= 15 is 0 Å². The summed E-state index contributed by atoms with van der Waals surface area (Å²) in [7, 11) is 3.31. The third-order valence-corrected chi connectivity index (χ3v) is 4.64. The van der Waals surface area contributed by atoms with Crippen LogP contribution in [0.25, 0.3) is 0 Å². The molecule has 1 aliphatic rings. The monoisotopic (exact) mass is 364 g/mol. The molecule has 146 valence electrons. The highest BCUT2D eigenvalue weighted by atomic mass is 16.5. The lowest BCUT2D eigenvalue weighted by molar-refractivity contribution is 0.161. The molecule has 0 spiro atoms. The predicted molar refractivity (Wildman–Crippen MR) is 103 cm³/mol. The van der Waals surface area contributed by atoms with Gasteiger partial charge in [-0.2, -0.15) is 0 Å². The number of benzene rings is 1. The number of rotatable bonds is 8. The Balaban J connectivity index is 2.39. The smallest absolute Gasteiger partial charge is 0.161 e. The van der Waals surface area contributed by atoms with E-state index in [9.17, 15) is 0 Å². The van der Waals surface area contributed by atoms with Crippen molar-refractivity contribution in [1.29, 1.82) is 0 Å². The van der Waals surface area contributed by atoms with Gasteiger partial charge in [0, 0.05) is 12.7 Å². The minimum absolute atomic E-state index is 0.129. The van der Waals surface area contributed by atoms with Crippen molar-refractivity contribution in [2.24, 2.45) is 11.7 Å². The number of nitrogens with two attached hydrogens (primary N) is 2. The van der Waals surface area contributed by atoms with Crippen molar-refractivity contribution in [2.45, 2.75) is 45.6 Å². The van der Waals surface area contributed by atoms with E-state index in [1.807, 2.05) is 19.2 Å². The Morgan fingerprint density at radius 1 is 1.23 bits per heavy atom. The average Bonchev–Trinajstić information content (AvgIpc) is 2.66. The van der Waals surface area contributed by atoms with Crippen molar-refractivity contribution in [3.05, 3.63) is 35.0 Å². The van der Waals surface area contributed by atoms with E-state index in [2.05, 4.69) is 36.0 Å². The van der Waals surface area contributed by atoms with Gasteiger partial charge in [-0.25, -0.2) is 10.4 Å². The van der Waals surface area contributed by atoms with Crippen LogP contribution in [0.3, 0.4) is 0 Å². The van der Waals surface area contributed by atoms with Gasteiger partial charge in [-0.15, -0.1) is 0 Å². The molecule has 8 heteroatoms. The topological polar surface area (TPSA) is 110 Å². The molecule has 0 amide bonds. The predicted octanol–water partition coefficient (Wildman–Crippen LogP) is 0.715. The summed E-state index contributed by atoms with van der Waals surface area (Å²) >= 11 is 0. The van der Waals surface area contributed by atoms with Gasteiger partial charge >= 0.3 is 0 Å². The van der Waals surface area contributed by atoms with Gasteiger partial charge in [0.15, 0.2) is 11.5 Å². The molecule has 2 atom stereocenters. The van der Waals surface area contributed by atoms with E-state index in [4.69, 9.17) is 21.2 Å². The third kappa shape index (κ3) is 4.46. The molecule has 1 heterocycles. The number of methoxy groups -OCH3 is 2. The second-order valence-corrected chi connectivity index (χ2v) is 6.62. The second kappa shape index (κ2) is 9.20. The number of nitrogens with one attached hydrogen (secondary N) is 3. The van der Waals surface area contributed by atoms with Gasteiger partial charge < -0.3 is 14.8 Å². The zero-order chi connectivity index (χ0) is 19.3. The molecule has 1 aromatic rings. The van der Waals surface area contributed by atoms with Crippen molar-refractivity contribution >= 4 is 0 Å². The van der Waals surface area contributed by atoms with E-state index in [0.29, 0.717) is 12.5 Å². The molecular weight excluding hydrogens is 332 g/mol. The maximum absolute atomic E-state index is 6.20. The highest BCUT2D eigenvalue weighted by molar-refractivity contribution is 5.49. The van der Waals surface area contributed by atoms with Gasteiger partial charge in [0.1, 0.15) is 6.29 Å². The quantitative estimate of drug-likeness (QED) is 0.339. The molecule has 8 nitrogen and oxygen atoms in total. The fraction of sp³-hybridized carbons (Fsp3) is 0.556. The van der Waals surface area contributed by atoms with Gasteiger partial charge in [-0.3, -0.25) is 17.0 Å². The van der Waals surface area contributed by atoms with Crippen LogP contribution in [0.4, 0.5) is 0 Å². The second-order valence-electron chi connectivity index (χ2n) is 6.62. The van der Waals surface area contributed by atoms with E-state index < -0.39 is 0 Å². The first-order chi connectivity index (χ1) is 12.4. The Kier molecular flexibility index (Phi) is 7.24. The van der Waals surface area contributed by atoms with E-state index in [1.54, 1.807) is 19.2 Å². The van der Waals surface area contributed by atoms with Gasteiger partial charge in [0.2, 0.25) is 0 Å². The van der Waals surface area contributed by atoms with Gasteiger partial charge in [0.05, 0.1) is 20.4 Å². The Hall–Kier alpha value is -1.84. The fourth-order valence-corrected chi connectivity index (χ4v) is 3.16. The molecule has 2 unspecified atom stereocenters. The van der Waals surface area contributed by atoms with Crippen LogP contribution < -0.4 is 37.2 Å². The number of hydrogen-bond acceptors (Lipinski definition) is 8. The van der Waals surface area contributed by atoms with Gasteiger partial charge in [-0.1, -0.05) is 20.8 Å². The molecule has 0 aromatic heterocycles. The number of hydrazine groups is 2. The molecule has 7 N–H and O–H groups in total. The first-order valence-electron chi connectivity index (χ1n) is 8.88. The van der Waals surface area contributed by atoms with Crippen molar-refractivity contribution < 1.29 is 9.47 Å². The number of hydrogen-bond donors (Lipinski definition) is 5. The molecule has 0 saturated heterocycles. The zero-order valence-corrected chi connectivity index (χ0v) is 16.3.